The number of aliphatic hydroxyl groups excluding tert-OH is 1. The molecule has 1 fully saturated rings. The lowest BCUT2D eigenvalue weighted by atomic mass is 9.92. The summed E-state index contributed by atoms with van der Waals surface area (Å²) in [5, 5.41) is 19.7. The van der Waals surface area contributed by atoms with Gasteiger partial charge in [-0.25, -0.2) is 0 Å². The lowest BCUT2D eigenvalue weighted by Gasteiger charge is -2.28. The van der Waals surface area contributed by atoms with E-state index in [1.54, 1.807) is 0 Å². The first kappa shape index (κ1) is 14.5. The summed E-state index contributed by atoms with van der Waals surface area (Å²) < 4.78 is 7.17. The van der Waals surface area contributed by atoms with Crippen molar-refractivity contribution in [3.8, 4) is 0 Å². The summed E-state index contributed by atoms with van der Waals surface area (Å²) in [5.74, 6) is -0.0116. The average Bonchev–Trinajstić information content (AvgIpc) is 2.93. The molecule has 2 aliphatic rings. The highest BCUT2D eigenvalue weighted by molar-refractivity contribution is 5.82. The number of carbonyl (C=O) groups excluding carboxylic acids is 1. The average molecular weight is 294 g/mol. The molecule has 1 amide bonds. The van der Waals surface area contributed by atoms with Crippen molar-refractivity contribution in [3.05, 3.63) is 17.5 Å². The van der Waals surface area contributed by atoms with E-state index in [4.69, 9.17) is 9.84 Å². The number of rotatable bonds is 4. The third kappa shape index (κ3) is 3.09. The summed E-state index contributed by atoms with van der Waals surface area (Å²) in [6, 6.07) is -0.256. The van der Waals surface area contributed by atoms with E-state index in [0.717, 1.165) is 30.5 Å². The number of carbonyl (C=O) groups is 1. The molecule has 7 heteroatoms. The molecule has 7 nitrogen and oxygen atoms in total. The van der Waals surface area contributed by atoms with Gasteiger partial charge in [0.2, 0.25) is 5.91 Å². The Kier molecular flexibility index (Phi) is 4.52. The zero-order valence-electron chi connectivity index (χ0n) is 12.0. The van der Waals surface area contributed by atoms with Crippen LogP contribution in [0.1, 0.15) is 30.1 Å². The van der Waals surface area contributed by atoms with Gasteiger partial charge in [-0.15, -0.1) is 0 Å². The minimum absolute atomic E-state index is 0.0115. The molecule has 1 aromatic heterocycles. The van der Waals surface area contributed by atoms with Crippen molar-refractivity contribution >= 4 is 5.91 Å². The Morgan fingerprint density at radius 2 is 2.52 bits per heavy atom. The van der Waals surface area contributed by atoms with Gasteiger partial charge in [0.25, 0.3) is 0 Å². The first-order chi connectivity index (χ1) is 10.3. The molecule has 3 N–H and O–H groups in total. The van der Waals surface area contributed by atoms with Crippen LogP contribution in [-0.2, 0) is 22.5 Å². The Morgan fingerprint density at radius 1 is 1.62 bits per heavy atom. The Hall–Kier alpha value is -1.44. The van der Waals surface area contributed by atoms with Crippen molar-refractivity contribution in [3.63, 3.8) is 0 Å². The fourth-order valence-corrected chi connectivity index (χ4v) is 3.06. The van der Waals surface area contributed by atoms with E-state index < -0.39 is 0 Å². The van der Waals surface area contributed by atoms with Gasteiger partial charge in [-0.2, -0.15) is 5.10 Å². The van der Waals surface area contributed by atoms with Crippen LogP contribution in [0.4, 0.5) is 0 Å². The minimum atomic E-state index is -0.267. The van der Waals surface area contributed by atoms with Crippen LogP contribution < -0.4 is 10.6 Å². The highest BCUT2D eigenvalue weighted by atomic mass is 16.5. The van der Waals surface area contributed by atoms with Gasteiger partial charge in [-0.05, 0) is 19.3 Å². The molecule has 0 bridgehead atoms. The van der Waals surface area contributed by atoms with E-state index in [-0.39, 0.29) is 24.6 Å². The van der Waals surface area contributed by atoms with Crippen molar-refractivity contribution in [1.82, 2.24) is 20.4 Å². The molecule has 2 heterocycles. The summed E-state index contributed by atoms with van der Waals surface area (Å²) in [6.07, 6.45) is 4.72. The molecule has 1 aliphatic carbocycles. The SMILES string of the molecule is O=C(NC1CCCc2c1cnn2CCO)C1COCCN1. The number of aliphatic hydroxyl groups is 1. The fourth-order valence-electron chi connectivity index (χ4n) is 3.06. The Labute approximate surface area is 123 Å². The third-order valence-electron chi connectivity index (χ3n) is 4.13. The summed E-state index contributed by atoms with van der Waals surface area (Å²) in [4.78, 5) is 12.3. The van der Waals surface area contributed by atoms with E-state index in [0.29, 0.717) is 26.3 Å². The van der Waals surface area contributed by atoms with Crippen LogP contribution in [0.25, 0.3) is 0 Å². The number of nitrogens with one attached hydrogen (secondary N) is 2. The maximum atomic E-state index is 12.3. The van der Waals surface area contributed by atoms with Gasteiger partial charge in [0, 0.05) is 17.8 Å². The predicted octanol–water partition coefficient (Wildman–Crippen LogP) is -0.643. The molecule has 2 atom stereocenters. The normalized spacial score (nSPS) is 25.4. The highest BCUT2D eigenvalue weighted by Crippen LogP contribution is 2.29. The summed E-state index contributed by atoms with van der Waals surface area (Å²) in [5.41, 5.74) is 2.22. The van der Waals surface area contributed by atoms with Gasteiger partial charge in [-0.1, -0.05) is 0 Å². The summed E-state index contributed by atoms with van der Waals surface area (Å²) in [7, 11) is 0. The van der Waals surface area contributed by atoms with Gasteiger partial charge in [0.05, 0.1) is 38.6 Å². The first-order valence-electron chi connectivity index (χ1n) is 7.56. The van der Waals surface area contributed by atoms with Gasteiger partial charge >= 0.3 is 0 Å². The van der Waals surface area contributed by atoms with Crippen LogP contribution in [-0.4, -0.2) is 53.2 Å². The maximum absolute atomic E-state index is 12.3. The number of fused-ring (bicyclic) bond motifs is 1. The number of hydrogen-bond donors (Lipinski definition) is 3. The van der Waals surface area contributed by atoms with E-state index in [1.165, 1.54) is 0 Å². The lowest BCUT2D eigenvalue weighted by Crippen LogP contribution is -2.52. The first-order valence-corrected chi connectivity index (χ1v) is 7.56. The van der Waals surface area contributed by atoms with Gasteiger partial charge in [-0.3, -0.25) is 9.48 Å². The Morgan fingerprint density at radius 3 is 3.29 bits per heavy atom. The van der Waals surface area contributed by atoms with Gasteiger partial charge < -0.3 is 20.5 Å². The third-order valence-corrected chi connectivity index (χ3v) is 4.13. The van der Waals surface area contributed by atoms with Crippen molar-refractivity contribution in [2.45, 2.75) is 37.9 Å². The van der Waals surface area contributed by atoms with Gasteiger partial charge in [0.1, 0.15) is 6.04 Å². The predicted molar refractivity (Wildman–Crippen MR) is 75.7 cm³/mol. The zero-order valence-corrected chi connectivity index (χ0v) is 12.0. The maximum Gasteiger partial charge on any atom is 0.240 e. The molecule has 21 heavy (non-hydrogen) atoms. The second kappa shape index (κ2) is 6.55. The number of morpholine rings is 1. The second-order valence-electron chi connectivity index (χ2n) is 5.53. The van der Waals surface area contributed by atoms with Crippen molar-refractivity contribution in [2.75, 3.05) is 26.4 Å². The Balaban J connectivity index is 1.68. The molecule has 2 unspecified atom stereocenters. The number of amides is 1. The summed E-state index contributed by atoms with van der Waals surface area (Å²) >= 11 is 0. The number of aromatic nitrogens is 2. The molecule has 1 aromatic rings. The van der Waals surface area contributed by atoms with E-state index in [1.807, 2.05) is 10.9 Å². The van der Waals surface area contributed by atoms with Crippen LogP contribution in [0.3, 0.4) is 0 Å². The highest BCUT2D eigenvalue weighted by Gasteiger charge is 2.28. The topological polar surface area (TPSA) is 88.4 Å². The second-order valence-corrected chi connectivity index (χ2v) is 5.53. The van der Waals surface area contributed by atoms with Crippen molar-refractivity contribution in [1.29, 1.82) is 0 Å². The molecule has 0 saturated carbocycles. The van der Waals surface area contributed by atoms with Crippen LogP contribution in [0.5, 0.6) is 0 Å². The monoisotopic (exact) mass is 294 g/mol. The van der Waals surface area contributed by atoms with Crippen molar-refractivity contribution < 1.29 is 14.6 Å². The largest absolute Gasteiger partial charge is 0.394 e. The van der Waals surface area contributed by atoms with Crippen LogP contribution in [0.15, 0.2) is 6.20 Å². The quantitative estimate of drug-likeness (QED) is 0.687. The molecular formula is C14H22N4O3. The van der Waals surface area contributed by atoms with E-state index in [2.05, 4.69) is 15.7 Å². The molecule has 0 spiro atoms. The van der Waals surface area contributed by atoms with Crippen molar-refractivity contribution in [2.24, 2.45) is 0 Å². The van der Waals surface area contributed by atoms with E-state index >= 15 is 0 Å². The molecule has 0 radical (unpaired) electrons. The zero-order chi connectivity index (χ0) is 14.7. The van der Waals surface area contributed by atoms with Crippen LogP contribution >= 0.6 is 0 Å². The standard InChI is InChI=1S/C14H22N4O3/c19-6-5-18-13-3-1-2-11(10(13)8-16-18)17-14(20)12-9-21-7-4-15-12/h8,11-12,15,19H,1-7,9H2,(H,17,20). The fraction of sp³-hybridized carbons (Fsp3) is 0.714. The number of nitrogens with zero attached hydrogens (tertiary/aromatic N) is 2. The van der Waals surface area contributed by atoms with Crippen LogP contribution in [0, 0.1) is 0 Å². The number of ether oxygens (including phenoxy) is 1. The molecular weight excluding hydrogens is 272 g/mol. The Bertz CT molecular complexity index is 496. The molecule has 3 rings (SSSR count). The van der Waals surface area contributed by atoms with Crippen LogP contribution in [0.2, 0.25) is 0 Å². The number of hydrogen-bond acceptors (Lipinski definition) is 5. The van der Waals surface area contributed by atoms with E-state index in [9.17, 15) is 4.79 Å². The summed E-state index contributed by atoms with van der Waals surface area (Å²) in [6.45, 7) is 2.38. The molecule has 1 aliphatic heterocycles. The minimum Gasteiger partial charge on any atom is -0.394 e. The smallest absolute Gasteiger partial charge is 0.240 e. The molecule has 116 valence electrons. The lowest BCUT2D eigenvalue weighted by molar-refractivity contribution is -0.126. The van der Waals surface area contributed by atoms with Gasteiger partial charge in [0.15, 0.2) is 0 Å². The molecule has 1 saturated heterocycles. The molecule has 0 aromatic carbocycles.